The summed E-state index contributed by atoms with van der Waals surface area (Å²) in [6.45, 7) is 9.92. The van der Waals surface area contributed by atoms with E-state index in [9.17, 15) is 0 Å². The molecule has 1 nitrogen and oxygen atoms in total. The lowest BCUT2D eigenvalue weighted by atomic mass is 9.89. The van der Waals surface area contributed by atoms with Crippen molar-refractivity contribution in [2.75, 3.05) is 13.1 Å². The molecular weight excluding hydrogens is 169 g/mol. The fourth-order valence-corrected chi connectivity index (χ4v) is 1.71. The van der Waals surface area contributed by atoms with Gasteiger partial charge in [-0.05, 0) is 25.6 Å². The highest BCUT2D eigenvalue weighted by atomic mass is 15.1. The van der Waals surface area contributed by atoms with Gasteiger partial charge >= 0.3 is 0 Å². The molecule has 0 N–H and O–H groups in total. The van der Waals surface area contributed by atoms with E-state index in [0.29, 0.717) is 0 Å². The molecule has 1 rings (SSSR count). The maximum Gasteiger partial charge on any atom is 0.139 e. The average Bonchev–Trinajstić information content (AvgIpc) is 2.17. The quantitative estimate of drug-likeness (QED) is 0.641. The third-order valence-corrected chi connectivity index (χ3v) is 2.79. The molecule has 0 amide bonds. The fraction of sp³-hybridized carbons (Fsp3) is 0.500. The van der Waals surface area contributed by atoms with Gasteiger partial charge in [0.15, 0.2) is 0 Å². The van der Waals surface area contributed by atoms with E-state index in [1.807, 2.05) is 0 Å². The van der Waals surface area contributed by atoms with Gasteiger partial charge in [-0.3, -0.25) is 4.90 Å². The number of benzene rings is 1. The fourth-order valence-electron chi connectivity index (χ4n) is 1.71. The van der Waals surface area contributed by atoms with Crippen LogP contribution in [0.2, 0.25) is 0 Å². The van der Waals surface area contributed by atoms with Crippen LogP contribution < -0.4 is 5.46 Å². The molecule has 0 atom stereocenters. The van der Waals surface area contributed by atoms with Crippen molar-refractivity contribution in [1.29, 1.82) is 0 Å². The maximum atomic E-state index is 2.44. The molecule has 0 aliphatic carbocycles. The van der Waals surface area contributed by atoms with Crippen molar-refractivity contribution in [3.05, 3.63) is 29.3 Å². The Labute approximate surface area is 88.5 Å². The van der Waals surface area contributed by atoms with Gasteiger partial charge in [0.25, 0.3) is 0 Å². The number of hydrogen-bond donors (Lipinski definition) is 0. The largest absolute Gasteiger partial charge is 0.300 e. The molecule has 0 fully saturated rings. The maximum absolute atomic E-state index is 2.44. The molecule has 2 heteroatoms. The second-order valence-corrected chi connectivity index (χ2v) is 3.89. The third-order valence-electron chi connectivity index (χ3n) is 2.79. The summed E-state index contributed by atoms with van der Waals surface area (Å²) in [4.78, 5) is 2.44. The smallest absolute Gasteiger partial charge is 0.139 e. The van der Waals surface area contributed by atoms with Gasteiger partial charge in [-0.15, -0.1) is 0 Å². The summed E-state index contributed by atoms with van der Waals surface area (Å²) in [7, 11) is 2.20. The van der Waals surface area contributed by atoms with E-state index in [1.165, 1.54) is 16.6 Å². The first kappa shape index (κ1) is 11.3. The number of aryl methyl sites for hydroxylation is 1. The van der Waals surface area contributed by atoms with Crippen molar-refractivity contribution in [2.45, 2.75) is 27.3 Å². The van der Waals surface area contributed by atoms with Crippen LogP contribution in [0.5, 0.6) is 0 Å². The van der Waals surface area contributed by atoms with Gasteiger partial charge in [-0.1, -0.05) is 43.1 Å². The summed E-state index contributed by atoms with van der Waals surface area (Å²) in [5, 5.41) is 0. The highest BCUT2D eigenvalue weighted by molar-refractivity contribution is 6.33. The summed E-state index contributed by atoms with van der Waals surface area (Å²) in [5.74, 6) is 0. The molecule has 76 valence electrons. The summed E-state index contributed by atoms with van der Waals surface area (Å²) in [5.41, 5.74) is 4.22. The van der Waals surface area contributed by atoms with Crippen LogP contribution in [0.15, 0.2) is 18.2 Å². The van der Waals surface area contributed by atoms with Gasteiger partial charge in [-0.2, -0.15) is 0 Å². The van der Waals surface area contributed by atoms with Crippen LogP contribution in [-0.2, 0) is 6.54 Å². The van der Waals surface area contributed by atoms with E-state index in [2.05, 4.69) is 51.7 Å². The lowest BCUT2D eigenvalue weighted by Crippen LogP contribution is -2.25. The summed E-state index contributed by atoms with van der Waals surface area (Å²) >= 11 is 0. The minimum Gasteiger partial charge on any atom is -0.300 e. The van der Waals surface area contributed by atoms with E-state index >= 15 is 0 Å². The first-order valence-electron chi connectivity index (χ1n) is 5.45. The topological polar surface area (TPSA) is 3.24 Å². The molecule has 0 heterocycles. The summed E-state index contributed by atoms with van der Waals surface area (Å²) in [6.07, 6.45) is 0. The third kappa shape index (κ3) is 2.88. The second-order valence-electron chi connectivity index (χ2n) is 3.89. The Morgan fingerprint density at radius 3 is 2.36 bits per heavy atom. The summed E-state index contributed by atoms with van der Waals surface area (Å²) in [6, 6.07) is 6.72. The van der Waals surface area contributed by atoms with Crippen LogP contribution in [0.3, 0.4) is 0 Å². The van der Waals surface area contributed by atoms with Crippen molar-refractivity contribution < 1.29 is 0 Å². The molecule has 0 radical (unpaired) electrons. The molecule has 0 bridgehead atoms. The molecular formula is C12H20BN. The van der Waals surface area contributed by atoms with Crippen LogP contribution in [0, 0.1) is 6.92 Å². The zero-order chi connectivity index (χ0) is 10.6. The molecule has 1 aromatic carbocycles. The first-order valence-corrected chi connectivity index (χ1v) is 5.45. The van der Waals surface area contributed by atoms with Crippen molar-refractivity contribution in [3.63, 3.8) is 0 Å². The summed E-state index contributed by atoms with van der Waals surface area (Å²) < 4.78 is 0. The average molecular weight is 189 g/mol. The number of nitrogens with zero attached hydrogens (tertiary/aromatic N) is 1. The Bertz CT molecular complexity index is 292. The molecule has 0 aliphatic rings. The molecule has 0 spiro atoms. The van der Waals surface area contributed by atoms with Gasteiger partial charge in [0.2, 0.25) is 0 Å². The molecule has 14 heavy (non-hydrogen) atoms. The van der Waals surface area contributed by atoms with Gasteiger partial charge in [0.1, 0.15) is 7.85 Å². The predicted octanol–water partition coefficient (Wildman–Crippen LogP) is 1.10. The normalized spacial score (nSPS) is 10.9. The van der Waals surface area contributed by atoms with Crippen molar-refractivity contribution in [2.24, 2.45) is 0 Å². The highest BCUT2D eigenvalue weighted by Gasteiger charge is 2.03. The SMILES string of the molecule is Bc1cc(C)ccc1CN(CC)CC. The van der Waals surface area contributed by atoms with Gasteiger partial charge < -0.3 is 0 Å². The number of rotatable bonds is 4. The Balaban J connectivity index is 2.76. The van der Waals surface area contributed by atoms with E-state index in [0.717, 1.165) is 19.6 Å². The minimum absolute atomic E-state index is 1.08. The standard InChI is InChI=1S/C12H20BN/c1-4-14(5-2)9-11-7-6-10(3)8-12(11)13/h6-8H,4-5,9,13H2,1-3H3. The molecule has 1 aromatic rings. The predicted molar refractivity (Wildman–Crippen MR) is 66.0 cm³/mol. The monoisotopic (exact) mass is 189 g/mol. The van der Waals surface area contributed by atoms with Crippen molar-refractivity contribution in [3.8, 4) is 0 Å². The Kier molecular flexibility index (Phi) is 4.21. The van der Waals surface area contributed by atoms with Crippen LogP contribution in [0.4, 0.5) is 0 Å². The van der Waals surface area contributed by atoms with Gasteiger partial charge in [0.05, 0.1) is 0 Å². The van der Waals surface area contributed by atoms with Gasteiger partial charge in [-0.25, -0.2) is 0 Å². The van der Waals surface area contributed by atoms with Crippen LogP contribution >= 0.6 is 0 Å². The lowest BCUT2D eigenvalue weighted by Gasteiger charge is -2.19. The first-order chi connectivity index (χ1) is 6.67. The minimum atomic E-state index is 1.08. The van der Waals surface area contributed by atoms with Crippen LogP contribution in [-0.4, -0.2) is 25.8 Å². The second kappa shape index (κ2) is 5.21. The molecule has 0 aromatic heterocycles. The zero-order valence-electron chi connectivity index (χ0n) is 9.80. The van der Waals surface area contributed by atoms with Gasteiger partial charge in [0, 0.05) is 6.54 Å². The Hall–Kier alpha value is -0.755. The molecule has 0 unspecified atom stereocenters. The lowest BCUT2D eigenvalue weighted by molar-refractivity contribution is 0.296. The van der Waals surface area contributed by atoms with E-state index in [4.69, 9.17) is 0 Å². The number of hydrogen-bond acceptors (Lipinski definition) is 1. The zero-order valence-corrected chi connectivity index (χ0v) is 9.80. The molecule has 0 saturated heterocycles. The van der Waals surface area contributed by atoms with E-state index in [-0.39, 0.29) is 0 Å². The van der Waals surface area contributed by atoms with E-state index in [1.54, 1.807) is 0 Å². The van der Waals surface area contributed by atoms with E-state index < -0.39 is 0 Å². The Morgan fingerprint density at radius 1 is 1.21 bits per heavy atom. The molecule has 0 saturated carbocycles. The van der Waals surface area contributed by atoms with Crippen LogP contribution in [0.1, 0.15) is 25.0 Å². The highest BCUT2D eigenvalue weighted by Crippen LogP contribution is 2.03. The van der Waals surface area contributed by atoms with Crippen LogP contribution in [0.25, 0.3) is 0 Å². The van der Waals surface area contributed by atoms with Crippen molar-refractivity contribution in [1.82, 2.24) is 4.90 Å². The molecule has 0 aliphatic heterocycles. The Morgan fingerprint density at radius 2 is 1.86 bits per heavy atom. The van der Waals surface area contributed by atoms with Crippen molar-refractivity contribution >= 4 is 13.3 Å².